The molecule has 58 valence electrons. The molecule has 1 aliphatic heterocycles. The third-order valence-electron chi connectivity index (χ3n) is 1.65. The molecule has 10 heavy (non-hydrogen) atoms. The van der Waals surface area contributed by atoms with E-state index in [1.165, 1.54) is 18.4 Å². The Balaban J connectivity index is 2.34. The average molecular weight is 205 g/mol. The molecule has 1 saturated heterocycles. The zero-order valence-corrected chi connectivity index (χ0v) is 7.86. The van der Waals surface area contributed by atoms with Crippen LogP contribution >= 0.6 is 15.9 Å². The first kappa shape index (κ1) is 8.28. The monoisotopic (exact) mass is 204 g/mol. The van der Waals surface area contributed by atoms with Gasteiger partial charge in [-0.3, -0.25) is 0 Å². The normalized spacial score (nSPS) is 27.4. The highest BCUT2D eigenvalue weighted by Crippen LogP contribution is 2.15. The maximum atomic E-state index is 5.43. The molecule has 0 radical (unpaired) electrons. The zero-order valence-electron chi connectivity index (χ0n) is 6.27. The SMILES string of the molecule is C/C(=C\C1CCCO1)CBr. The molecule has 0 aromatic carbocycles. The minimum atomic E-state index is 0.401. The van der Waals surface area contributed by atoms with Crippen LogP contribution in [0, 0.1) is 0 Å². The standard InChI is InChI=1S/C8H13BrO/c1-7(6-9)5-8-3-2-4-10-8/h5,8H,2-4,6H2,1H3/b7-5+. The molecule has 1 aliphatic rings. The molecule has 1 nitrogen and oxygen atoms in total. The lowest BCUT2D eigenvalue weighted by Gasteiger charge is -2.03. The van der Waals surface area contributed by atoms with E-state index in [1.807, 2.05) is 0 Å². The van der Waals surface area contributed by atoms with Gasteiger partial charge in [0.05, 0.1) is 6.10 Å². The van der Waals surface area contributed by atoms with E-state index < -0.39 is 0 Å². The van der Waals surface area contributed by atoms with Crippen LogP contribution in [-0.4, -0.2) is 18.0 Å². The second kappa shape index (κ2) is 4.14. The van der Waals surface area contributed by atoms with Gasteiger partial charge in [-0.15, -0.1) is 0 Å². The third-order valence-corrected chi connectivity index (χ3v) is 2.53. The molecule has 0 amide bonds. The summed E-state index contributed by atoms with van der Waals surface area (Å²) >= 11 is 3.40. The fraction of sp³-hybridized carbons (Fsp3) is 0.750. The molecule has 0 saturated carbocycles. The van der Waals surface area contributed by atoms with E-state index in [0.717, 1.165) is 11.9 Å². The molecule has 2 heteroatoms. The van der Waals surface area contributed by atoms with Crippen molar-refractivity contribution in [3.63, 3.8) is 0 Å². The fourth-order valence-corrected chi connectivity index (χ4v) is 1.28. The number of ether oxygens (including phenoxy) is 1. The lowest BCUT2D eigenvalue weighted by Crippen LogP contribution is -2.00. The number of alkyl halides is 1. The van der Waals surface area contributed by atoms with Crippen LogP contribution in [0.15, 0.2) is 11.6 Å². The quantitative estimate of drug-likeness (QED) is 0.497. The Morgan fingerprint density at radius 1 is 1.80 bits per heavy atom. The zero-order chi connectivity index (χ0) is 7.40. The van der Waals surface area contributed by atoms with Crippen LogP contribution < -0.4 is 0 Å². The Hall–Kier alpha value is 0.180. The maximum absolute atomic E-state index is 5.43. The van der Waals surface area contributed by atoms with E-state index in [-0.39, 0.29) is 0 Å². The summed E-state index contributed by atoms with van der Waals surface area (Å²) < 4.78 is 5.43. The maximum Gasteiger partial charge on any atom is 0.0759 e. The molecule has 1 heterocycles. The van der Waals surface area contributed by atoms with Gasteiger partial charge in [-0.05, 0) is 19.8 Å². The van der Waals surface area contributed by atoms with Gasteiger partial charge in [-0.1, -0.05) is 27.6 Å². The summed E-state index contributed by atoms with van der Waals surface area (Å²) in [6, 6.07) is 0. The first-order valence-corrected chi connectivity index (χ1v) is 4.80. The average Bonchev–Trinajstić information content (AvgIpc) is 2.40. The van der Waals surface area contributed by atoms with Crippen molar-refractivity contribution < 1.29 is 4.74 Å². The van der Waals surface area contributed by atoms with E-state index in [0.29, 0.717) is 6.10 Å². The molecule has 1 fully saturated rings. The Morgan fingerprint density at radius 3 is 3.10 bits per heavy atom. The molecule has 0 aromatic heterocycles. The van der Waals surface area contributed by atoms with Crippen LogP contribution in [0.25, 0.3) is 0 Å². The molecule has 1 atom stereocenters. The summed E-state index contributed by atoms with van der Waals surface area (Å²) in [7, 11) is 0. The van der Waals surface area contributed by atoms with Crippen LogP contribution in [0.5, 0.6) is 0 Å². The van der Waals surface area contributed by atoms with E-state index >= 15 is 0 Å². The minimum absolute atomic E-state index is 0.401. The number of hydrogen-bond donors (Lipinski definition) is 0. The lowest BCUT2D eigenvalue weighted by atomic mass is 10.2. The first-order valence-electron chi connectivity index (χ1n) is 3.68. The molecule has 0 aromatic rings. The van der Waals surface area contributed by atoms with Crippen molar-refractivity contribution >= 4 is 15.9 Å². The number of rotatable bonds is 2. The predicted molar refractivity (Wildman–Crippen MR) is 46.5 cm³/mol. The molecule has 1 unspecified atom stereocenters. The summed E-state index contributed by atoms with van der Waals surface area (Å²) in [6.07, 6.45) is 5.03. The van der Waals surface area contributed by atoms with E-state index in [4.69, 9.17) is 4.74 Å². The Kier molecular flexibility index (Phi) is 3.43. The van der Waals surface area contributed by atoms with Gasteiger partial charge in [-0.25, -0.2) is 0 Å². The highest BCUT2D eigenvalue weighted by Gasteiger charge is 2.11. The van der Waals surface area contributed by atoms with Crippen molar-refractivity contribution in [3.8, 4) is 0 Å². The van der Waals surface area contributed by atoms with Gasteiger partial charge in [0.1, 0.15) is 0 Å². The smallest absolute Gasteiger partial charge is 0.0759 e. The summed E-state index contributed by atoms with van der Waals surface area (Å²) in [5.41, 5.74) is 1.37. The molecule has 0 N–H and O–H groups in total. The molecule has 0 aliphatic carbocycles. The van der Waals surface area contributed by atoms with E-state index in [1.54, 1.807) is 0 Å². The highest BCUT2D eigenvalue weighted by molar-refractivity contribution is 9.09. The summed E-state index contributed by atoms with van der Waals surface area (Å²) in [5.74, 6) is 0. The molecule has 0 bridgehead atoms. The van der Waals surface area contributed by atoms with Gasteiger partial charge in [-0.2, -0.15) is 0 Å². The van der Waals surface area contributed by atoms with Crippen LogP contribution in [0.1, 0.15) is 19.8 Å². The van der Waals surface area contributed by atoms with Crippen LogP contribution in [0.4, 0.5) is 0 Å². The predicted octanol–water partition coefficient (Wildman–Crippen LogP) is 2.51. The number of allylic oxidation sites excluding steroid dienone is 1. The van der Waals surface area contributed by atoms with Crippen LogP contribution in [0.2, 0.25) is 0 Å². The highest BCUT2D eigenvalue weighted by atomic mass is 79.9. The third kappa shape index (κ3) is 2.43. The minimum Gasteiger partial charge on any atom is -0.374 e. The van der Waals surface area contributed by atoms with Crippen molar-refractivity contribution in [1.29, 1.82) is 0 Å². The van der Waals surface area contributed by atoms with Crippen molar-refractivity contribution in [3.05, 3.63) is 11.6 Å². The van der Waals surface area contributed by atoms with Crippen molar-refractivity contribution in [2.24, 2.45) is 0 Å². The molecule has 0 spiro atoms. The number of hydrogen-bond acceptors (Lipinski definition) is 1. The fourth-order valence-electron chi connectivity index (χ4n) is 1.10. The molecular formula is C8H13BrO. The first-order chi connectivity index (χ1) is 4.83. The van der Waals surface area contributed by atoms with Crippen LogP contribution in [0.3, 0.4) is 0 Å². The van der Waals surface area contributed by atoms with Gasteiger partial charge in [0.25, 0.3) is 0 Å². The summed E-state index contributed by atoms with van der Waals surface area (Å²) in [6.45, 7) is 3.06. The Morgan fingerprint density at radius 2 is 2.60 bits per heavy atom. The van der Waals surface area contributed by atoms with Gasteiger partial charge < -0.3 is 4.74 Å². The van der Waals surface area contributed by atoms with Gasteiger partial charge in [0.2, 0.25) is 0 Å². The number of halogens is 1. The van der Waals surface area contributed by atoms with E-state index in [9.17, 15) is 0 Å². The Labute approximate surface area is 70.6 Å². The van der Waals surface area contributed by atoms with E-state index in [2.05, 4.69) is 28.9 Å². The largest absolute Gasteiger partial charge is 0.374 e. The summed E-state index contributed by atoms with van der Waals surface area (Å²) in [4.78, 5) is 0. The molecule has 1 rings (SSSR count). The topological polar surface area (TPSA) is 9.23 Å². The lowest BCUT2D eigenvalue weighted by molar-refractivity contribution is 0.145. The van der Waals surface area contributed by atoms with Crippen molar-refractivity contribution in [2.75, 3.05) is 11.9 Å². The Bertz CT molecular complexity index is 125. The van der Waals surface area contributed by atoms with Gasteiger partial charge in [0.15, 0.2) is 0 Å². The van der Waals surface area contributed by atoms with Gasteiger partial charge >= 0.3 is 0 Å². The van der Waals surface area contributed by atoms with Gasteiger partial charge in [0, 0.05) is 11.9 Å². The van der Waals surface area contributed by atoms with Crippen molar-refractivity contribution in [2.45, 2.75) is 25.9 Å². The second-order valence-corrected chi connectivity index (χ2v) is 3.26. The van der Waals surface area contributed by atoms with Crippen LogP contribution in [-0.2, 0) is 4.74 Å². The summed E-state index contributed by atoms with van der Waals surface area (Å²) in [5, 5.41) is 0.965. The second-order valence-electron chi connectivity index (χ2n) is 2.70. The molecular weight excluding hydrogens is 192 g/mol. The van der Waals surface area contributed by atoms with Crippen molar-refractivity contribution in [1.82, 2.24) is 0 Å².